The van der Waals surface area contributed by atoms with E-state index in [-0.39, 0.29) is 22.4 Å². The Morgan fingerprint density at radius 1 is 1.03 bits per heavy atom. The Balaban J connectivity index is 1.52. The summed E-state index contributed by atoms with van der Waals surface area (Å²) in [4.78, 5) is 8.28. The molecule has 38 heavy (non-hydrogen) atoms. The number of aromatic nitrogens is 7. The number of rotatable bonds is 6. The van der Waals surface area contributed by atoms with Crippen molar-refractivity contribution in [3.63, 3.8) is 0 Å². The van der Waals surface area contributed by atoms with Gasteiger partial charge in [-0.2, -0.15) is 5.26 Å². The van der Waals surface area contributed by atoms with Crippen LogP contribution < -0.4 is 0 Å². The lowest BCUT2D eigenvalue weighted by Crippen LogP contribution is -2.03. The summed E-state index contributed by atoms with van der Waals surface area (Å²) < 4.78 is 31.0. The Kier molecular flexibility index (Phi) is 6.64. The van der Waals surface area contributed by atoms with Crippen LogP contribution in [-0.2, 0) is 9.84 Å². The van der Waals surface area contributed by atoms with Gasteiger partial charge in [-0.3, -0.25) is 9.55 Å². The van der Waals surface area contributed by atoms with Gasteiger partial charge < -0.3 is 4.42 Å². The summed E-state index contributed by atoms with van der Waals surface area (Å²) in [7, 11) is -3.41. The van der Waals surface area contributed by atoms with Crippen LogP contribution in [0.2, 0.25) is 5.02 Å². The third-order valence-corrected chi connectivity index (χ3v) is 6.57. The second-order valence-corrected chi connectivity index (χ2v) is 10.2. The molecule has 0 spiro atoms. The molecule has 0 N–H and O–H groups in total. The first-order valence-electron chi connectivity index (χ1n) is 10.8. The summed E-state index contributed by atoms with van der Waals surface area (Å²) in [6.07, 6.45) is 6.87. The summed E-state index contributed by atoms with van der Waals surface area (Å²) in [5, 5.41) is 25.9. The van der Waals surface area contributed by atoms with Crippen LogP contribution in [0.5, 0.6) is 0 Å². The molecule has 5 aromatic rings. The van der Waals surface area contributed by atoms with Gasteiger partial charge in [-0.25, -0.2) is 13.4 Å². The molecule has 186 valence electrons. The maximum absolute atomic E-state index is 11.8. The number of nitriles is 1. The first-order valence-corrected chi connectivity index (χ1v) is 13.1. The molecule has 0 atom stereocenters. The van der Waals surface area contributed by atoms with Gasteiger partial charge in [0.15, 0.2) is 21.5 Å². The first-order chi connectivity index (χ1) is 18.3. The van der Waals surface area contributed by atoms with Crippen LogP contribution in [-0.4, -0.2) is 49.6 Å². The van der Waals surface area contributed by atoms with E-state index >= 15 is 0 Å². The number of hydrogen-bond donors (Lipinski definition) is 0. The highest BCUT2D eigenvalue weighted by Crippen LogP contribution is 2.27. The molecule has 1 aromatic carbocycles. The lowest BCUT2D eigenvalue weighted by molar-refractivity contribution is 0.557. The molecule has 0 aliphatic heterocycles. The van der Waals surface area contributed by atoms with Crippen molar-refractivity contribution in [1.29, 1.82) is 5.26 Å². The molecule has 0 radical (unpaired) electrons. The summed E-state index contributed by atoms with van der Waals surface area (Å²) >= 11 is 6.47. The smallest absolute Gasteiger partial charge is 0.248 e. The van der Waals surface area contributed by atoms with E-state index in [1.165, 1.54) is 24.5 Å². The van der Waals surface area contributed by atoms with Crippen LogP contribution in [0.3, 0.4) is 0 Å². The number of sulfone groups is 1. The largest absolute Gasteiger partial charge is 0.416 e. The van der Waals surface area contributed by atoms with E-state index in [0.717, 1.165) is 6.26 Å². The molecular formula is C25H15ClN8O3S. The topological polar surface area (TPSA) is 153 Å². The molecule has 11 nitrogen and oxygen atoms in total. The van der Waals surface area contributed by atoms with Gasteiger partial charge in [0.05, 0.1) is 15.6 Å². The average molecular weight is 543 g/mol. The lowest BCUT2D eigenvalue weighted by atomic mass is 10.2. The molecule has 0 aliphatic rings. The molecule has 13 heteroatoms. The van der Waals surface area contributed by atoms with Crippen LogP contribution >= 0.6 is 11.6 Å². The maximum atomic E-state index is 11.8. The number of halogens is 1. The SMILES string of the molecule is CS(=O)(=O)c1ccc(-c2nnc(C=C=Cc3nnc(-c4ccnc(C#N)c4)o3)n2-c2ccccc2Cl)nc1. The zero-order valence-corrected chi connectivity index (χ0v) is 21.1. The molecule has 0 fully saturated rings. The van der Waals surface area contributed by atoms with E-state index < -0.39 is 9.84 Å². The molecule has 4 heterocycles. The van der Waals surface area contributed by atoms with E-state index in [0.29, 0.717) is 33.6 Å². The predicted molar refractivity (Wildman–Crippen MR) is 137 cm³/mol. The second kappa shape index (κ2) is 10.2. The van der Waals surface area contributed by atoms with E-state index in [4.69, 9.17) is 21.3 Å². The normalized spacial score (nSPS) is 11.0. The summed E-state index contributed by atoms with van der Waals surface area (Å²) in [6, 6.07) is 15.3. The molecule has 0 aliphatic carbocycles. The number of hydrogen-bond acceptors (Lipinski definition) is 10. The van der Waals surface area contributed by atoms with Gasteiger partial charge in [-0.15, -0.1) is 26.1 Å². The van der Waals surface area contributed by atoms with Crippen LogP contribution in [0.15, 0.2) is 76.0 Å². The van der Waals surface area contributed by atoms with Crippen LogP contribution in [0.25, 0.3) is 40.8 Å². The van der Waals surface area contributed by atoms with E-state index in [9.17, 15) is 8.42 Å². The second-order valence-electron chi connectivity index (χ2n) is 7.76. The van der Waals surface area contributed by atoms with Gasteiger partial charge >= 0.3 is 0 Å². The number of benzene rings is 1. The lowest BCUT2D eigenvalue weighted by Gasteiger charge is -2.10. The summed E-state index contributed by atoms with van der Waals surface area (Å²) in [5.41, 5.74) is 4.72. The van der Waals surface area contributed by atoms with Crippen LogP contribution in [0, 0.1) is 11.3 Å². The third-order valence-electron chi connectivity index (χ3n) is 5.16. The third kappa shape index (κ3) is 5.11. The van der Waals surface area contributed by atoms with Gasteiger partial charge in [0.25, 0.3) is 0 Å². The fourth-order valence-electron chi connectivity index (χ4n) is 3.38. The van der Waals surface area contributed by atoms with E-state index in [1.54, 1.807) is 47.0 Å². The quantitative estimate of drug-likeness (QED) is 0.287. The minimum Gasteiger partial charge on any atom is -0.416 e. The van der Waals surface area contributed by atoms with Crippen molar-refractivity contribution in [1.82, 2.24) is 34.9 Å². The molecule has 0 bridgehead atoms. The highest BCUT2D eigenvalue weighted by atomic mass is 35.5. The van der Waals surface area contributed by atoms with Crippen molar-refractivity contribution in [3.05, 3.63) is 89.1 Å². The monoisotopic (exact) mass is 542 g/mol. The molecular weight excluding hydrogens is 528 g/mol. The summed E-state index contributed by atoms with van der Waals surface area (Å²) in [6.45, 7) is 0. The van der Waals surface area contributed by atoms with E-state index in [1.807, 2.05) is 12.1 Å². The van der Waals surface area contributed by atoms with Gasteiger partial charge in [0.1, 0.15) is 17.5 Å². The fraction of sp³-hybridized carbons (Fsp3) is 0.0400. The highest BCUT2D eigenvalue weighted by Gasteiger charge is 2.18. The fourth-order valence-corrected chi connectivity index (χ4v) is 4.16. The molecule has 0 saturated heterocycles. The molecule has 5 rings (SSSR count). The van der Waals surface area contributed by atoms with E-state index in [2.05, 4.69) is 36.1 Å². The number of nitrogens with zero attached hydrogens (tertiary/aromatic N) is 8. The van der Waals surface area contributed by atoms with Crippen molar-refractivity contribution < 1.29 is 12.8 Å². The van der Waals surface area contributed by atoms with Crippen molar-refractivity contribution in [2.45, 2.75) is 4.90 Å². The van der Waals surface area contributed by atoms with Crippen molar-refractivity contribution in [3.8, 4) is 34.7 Å². The molecule has 0 amide bonds. The average Bonchev–Trinajstić information content (AvgIpc) is 3.56. The van der Waals surface area contributed by atoms with Gasteiger partial charge in [-0.1, -0.05) is 23.7 Å². The molecule has 0 saturated carbocycles. The Hall–Kier alpha value is -4.95. The molecule has 0 unspecified atom stereocenters. The first kappa shape index (κ1) is 24.7. The molecule has 4 aromatic heterocycles. The maximum Gasteiger partial charge on any atom is 0.248 e. The Labute approximate surface area is 221 Å². The zero-order valence-electron chi connectivity index (χ0n) is 19.5. The van der Waals surface area contributed by atoms with Gasteiger partial charge in [-0.05, 0) is 36.4 Å². The van der Waals surface area contributed by atoms with Crippen LogP contribution in [0.4, 0.5) is 0 Å². The van der Waals surface area contributed by atoms with Crippen molar-refractivity contribution in [2.75, 3.05) is 6.26 Å². The van der Waals surface area contributed by atoms with Crippen LogP contribution in [0.1, 0.15) is 17.4 Å². The minimum absolute atomic E-state index is 0.0858. The minimum atomic E-state index is -3.41. The Bertz CT molecular complexity index is 1870. The number of pyridine rings is 2. The predicted octanol–water partition coefficient (Wildman–Crippen LogP) is 4.03. The van der Waals surface area contributed by atoms with Crippen molar-refractivity contribution in [2.24, 2.45) is 0 Å². The Morgan fingerprint density at radius 3 is 2.61 bits per heavy atom. The summed E-state index contributed by atoms with van der Waals surface area (Å²) in [5.74, 6) is 1.11. The zero-order chi connectivity index (χ0) is 26.7. The van der Waals surface area contributed by atoms with Gasteiger partial charge in [0.2, 0.25) is 11.8 Å². The Morgan fingerprint density at radius 2 is 1.87 bits per heavy atom. The van der Waals surface area contributed by atoms with Gasteiger partial charge in [0, 0.05) is 36.4 Å². The number of para-hydroxylation sites is 1. The highest BCUT2D eigenvalue weighted by molar-refractivity contribution is 7.90. The van der Waals surface area contributed by atoms with Crippen molar-refractivity contribution >= 4 is 33.6 Å². The standard InChI is InChI=1S/C25H15ClN8O3S/c1-38(35,36)18-9-10-20(29-15-18)24-32-30-22(34(24)21-6-3-2-5-19(21)26)7-4-8-23-31-33-25(37-23)16-11-12-28-17(13-16)14-27/h2-3,5-13,15H,1H3.